The smallest absolute Gasteiger partial charge is 0 e. The largest absolute Gasteiger partial charge is 0.412 e. The van der Waals surface area contributed by atoms with Crippen molar-refractivity contribution in [2.45, 2.75) is 127 Å². The molecule has 0 aliphatic carbocycles. The van der Waals surface area contributed by atoms with Gasteiger partial charge in [-0.3, -0.25) is 39.0 Å². The Kier molecular flexibility index (Phi) is 22.4. The van der Waals surface area contributed by atoms with E-state index >= 15 is 0 Å². The first kappa shape index (κ1) is 60.7. The third-order valence-electron chi connectivity index (χ3n) is 11.7. The van der Waals surface area contributed by atoms with E-state index in [2.05, 4.69) is 29.4 Å². The SMILES string of the molecule is C1C[C@H]2CN3CCC[C@H]3CN3CCC[C@H]3CN2C1.C1C[C@H]2CN3CCC[C@H]3CN3CCC[C@H]3CN2C1.CC(=O)O.CC(=O)O.F[P-](F)(F)(F)(F)F.F[P-](F)(F)(F)(F)F.O.[Mn].[Mn]. The van der Waals surface area contributed by atoms with Gasteiger partial charge >= 0.3 is 66.0 Å². The fraction of sp³-hybridized carbons (Fsp3) is 0.941. The molecule has 0 bridgehead atoms. The third-order valence-corrected chi connectivity index (χ3v) is 11.7. The summed E-state index contributed by atoms with van der Waals surface area (Å²) in [6, 6.07) is 5.28. The summed E-state index contributed by atoms with van der Waals surface area (Å²) >= 11 is 0. The van der Waals surface area contributed by atoms with Crippen LogP contribution >= 0.6 is 15.6 Å². The summed E-state index contributed by atoms with van der Waals surface area (Å²) in [6.45, 7) is 18.6. The van der Waals surface area contributed by atoms with Gasteiger partial charge in [-0.15, -0.1) is 0 Å². The molecule has 8 aliphatic heterocycles. The molecule has 8 rings (SSSR count). The number of carbonyl (C=O) groups is 2. The molecule has 61 heavy (non-hydrogen) atoms. The van der Waals surface area contributed by atoms with E-state index in [0.717, 1.165) is 50.1 Å². The van der Waals surface area contributed by atoms with Gasteiger partial charge in [0.2, 0.25) is 0 Å². The van der Waals surface area contributed by atoms with Gasteiger partial charge in [-0.1, -0.05) is 0 Å². The molecule has 6 atom stereocenters. The molecule has 0 aromatic carbocycles. The summed E-state index contributed by atoms with van der Waals surface area (Å²) in [5, 5.41) is 14.8. The second-order valence-electron chi connectivity index (χ2n) is 16.7. The van der Waals surface area contributed by atoms with E-state index in [-0.39, 0.29) is 39.6 Å². The Bertz CT molecular complexity index is 1100. The number of aliphatic carboxylic acids is 2. The van der Waals surface area contributed by atoms with Crippen LogP contribution in [0.2, 0.25) is 0 Å². The molecule has 11 nitrogen and oxygen atoms in total. The van der Waals surface area contributed by atoms with Crippen molar-refractivity contribution in [1.29, 1.82) is 0 Å². The third kappa shape index (κ3) is 28.4. The number of hydrogen-bond donors (Lipinski definition) is 2. The summed E-state index contributed by atoms with van der Waals surface area (Å²) in [6.07, 6.45) is 17.4. The van der Waals surface area contributed by atoms with Crippen LogP contribution < -0.4 is 0 Å². The number of fused-ring (bicyclic) bond motifs is 6. The Morgan fingerprint density at radius 3 is 0.574 bits per heavy atom. The van der Waals surface area contributed by atoms with Crippen molar-refractivity contribution in [2.75, 3.05) is 78.5 Å². The molecule has 370 valence electrons. The maximum absolute atomic E-state index is 10.7. The van der Waals surface area contributed by atoms with Crippen molar-refractivity contribution in [3.8, 4) is 0 Å². The number of rotatable bonds is 0. The zero-order chi connectivity index (χ0) is 43.9. The van der Waals surface area contributed by atoms with Gasteiger partial charge in [0.05, 0.1) is 0 Å². The summed E-state index contributed by atoms with van der Waals surface area (Å²) in [5.74, 6) is -1.67. The summed E-state index contributed by atoms with van der Waals surface area (Å²) in [4.78, 5) is 34.9. The number of halogens is 12. The predicted octanol–water partition coefficient (Wildman–Crippen LogP) is 8.90. The molecule has 8 aliphatic rings. The molecule has 0 spiro atoms. The Hall–Kier alpha value is -0.281. The summed E-state index contributed by atoms with van der Waals surface area (Å²) in [5.41, 5.74) is 0. The fourth-order valence-electron chi connectivity index (χ4n) is 9.68. The topological polar surface area (TPSA) is 126 Å². The normalized spacial score (nSPS) is 31.5. The van der Waals surface area contributed by atoms with Gasteiger partial charge in [0.1, 0.15) is 0 Å². The molecular formula is C34H64F12Mn2N6O5P2-2. The van der Waals surface area contributed by atoms with Crippen LogP contribution in [-0.2, 0) is 43.7 Å². The second-order valence-corrected chi connectivity index (χ2v) is 20.5. The van der Waals surface area contributed by atoms with Crippen LogP contribution in [0.5, 0.6) is 0 Å². The van der Waals surface area contributed by atoms with Crippen molar-refractivity contribution in [1.82, 2.24) is 29.4 Å². The van der Waals surface area contributed by atoms with E-state index in [4.69, 9.17) is 19.8 Å². The van der Waals surface area contributed by atoms with E-state index in [1.165, 1.54) is 156 Å². The van der Waals surface area contributed by atoms with E-state index in [1.54, 1.807) is 0 Å². The van der Waals surface area contributed by atoms with Crippen molar-refractivity contribution in [3.63, 3.8) is 0 Å². The number of carboxylic acid groups (broad SMARTS) is 2. The van der Waals surface area contributed by atoms with Crippen LogP contribution in [0.1, 0.15) is 90.9 Å². The Balaban J connectivity index is 0.000000783. The zero-order valence-electron chi connectivity index (χ0n) is 34.5. The van der Waals surface area contributed by atoms with E-state index in [1.807, 2.05) is 0 Å². The molecule has 8 fully saturated rings. The fourth-order valence-corrected chi connectivity index (χ4v) is 9.68. The molecule has 8 saturated heterocycles. The molecule has 2 radical (unpaired) electrons. The maximum Gasteiger partial charge on any atom is 0 e. The molecule has 27 heteroatoms. The average molecular weight is 1040 g/mol. The van der Waals surface area contributed by atoms with Crippen LogP contribution in [0.4, 0.5) is 50.4 Å². The van der Waals surface area contributed by atoms with Gasteiger partial charge in [0, 0.05) is 124 Å². The van der Waals surface area contributed by atoms with Gasteiger partial charge < -0.3 is 15.7 Å². The minimum atomic E-state index is -10.7. The molecular weight excluding hydrogens is 972 g/mol. The van der Waals surface area contributed by atoms with E-state index in [9.17, 15) is 50.4 Å². The van der Waals surface area contributed by atoms with E-state index < -0.39 is 27.6 Å². The molecule has 0 aromatic heterocycles. The first-order valence-electron chi connectivity index (χ1n) is 20.1. The molecule has 8 heterocycles. The predicted molar refractivity (Wildman–Crippen MR) is 205 cm³/mol. The first-order valence-corrected chi connectivity index (χ1v) is 24.2. The molecule has 0 unspecified atom stereocenters. The van der Waals surface area contributed by atoms with Crippen molar-refractivity contribution in [2.24, 2.45) is 0 Å². The van der Waals surface area contributed by atoms with Crippen molar-refractivity contribution >= 4 is 27.6 Å². The Morgan fingerprint density at radius 1 is 0.377 bits per heavy atom. The van der Waals surface area contributed by atoms with Crippen LogP contribution in [0, 0.1) is 0 Å². The minimum Gasteiger partial charge on any atom is -0.412 e. The summed E-state index contributed by atoms with van der Waals surface area (Å²) < 4.78 is 118. The molecule has 0 aromatic rings. The molecule has 0 saturated carbocycles. The average Bonchev–Trinajstić information content (AvgIpc) is 3.85. The Labute approximate surface area is 371 Å². The number of nitrogens with zero attached hydrogens (tertiary/aromatic N) is 6. The van der Waals surface area contributed by atoms with Crippen LogP contribution in [-0.4, -0.2) is 172 Å². The van der Waals surface area contributed by atoms with Gasteiger partial charge in [0.15, 0.2) is 0 Å². The van der Waals surface area contributed by atoms with Crippen LogP contribution in [0.25, 0.3) is 0 Å². The second kappa shape index (κ2) is 22.5. The number of hydrogen-bond acceptors (Lipinski definition) is 8. The quantitative estimate of drug-likeness (QED) is 0.138. The van der Waals surface area contributed by atoms with Gasteiger partial charge in [-0.2, -0.15) is 0 Å². The monoisotopic (exact) mass is 1040 g/mol. The standard InChI is InChI=1S/2C15H27N3.2C2H4O2.2F6P.2Mn.H2O/c2*1-4-13-10-17-8-3-6-15(17)12-18-9-2-5-14(18)11-16(13)7-1;2*1-2(3)4;2*1-7(2,3,4,5)6;;;/h2*13-15H,1-12H2;2*1H3,(H,3,4);;;;;1H2/q;;;;2*-1;;;/t2*13-,14-,15-;;;;;;;/m00......./s1. The maximum atomic E-state index is 9.87. The first-order chi connectivity index (χ1) is 26.2. The van der Waals surface area contributed by atoms with Gasteiger partial charge in [-0.05, 0) is 116 Å². The van der Waals surface area contributed by atoms with Gasteiger partial charge in [0.25, 0.3) is 11.9 Å². The van der Waals surface area contributed by atoms with Crippen LogP contribution in [0.3, 0.4) is 0 Å². The van der Waals surface area contributed by atoms with E-state index in [0.29, 0.717) is 0 Å². The Morgan fingerprint density at radius 2 is 0.475 bits per heavy atom. The molecule has 0 amide bonds. The van der Waals surface area contributed by atoms with Crippen LogP contribution in [0.15, 0.2) is 0 Å². The zero-order valence-corrected chi connectivity index (χ0v) is 38.7. The van der Waals surface area contributed by atoms with Gasteiger partial charge in [-0.25, -0.2) is 0 Å². The van der Waals surface area contributed by atoms with Crippen molar-refractivity contribution < 1.29 is 110 Å². The molecule has 4 N–H and O–H groups in total. The minimum absolute atomic E-state index is 0. The van der Waals surface area contributed by atoms with Crippen molar-refractivity contribution in [3.05, 3.63) is 0 Å². The summed E-state index contributed by atoms with van der Waals surface area (Å²) in [7, 11) is -21.3. The number of carboxylic acids is 2.